The molecule has 0 saturated heterocycles. The summed E-state index contributed by atoms with van der Waals surface area (Å²) in [5.41, 5.74) is 3.47. The number of benzene rings is 3. The van der Waals surface area contributed by atoms with Crippen LogP contribution in [0, 0.1) is 0 Å². The summed E-state index contributed by atoms with van der Waals surface area (Å²) in [7, 11) is 7.78. The summed E-state index contributed by atoms with van der Waals surface area (Å²) in [5, 5.41) is 4.51. The standard InChI is InChI=1S/C28H28N2O6/c1-32-21-8-6-18(7-9-21)16-30-17-20(15-29-30)24-14-22(33-2)10-11-23(24)27(31)19-12-25(34-3)28(36-5)26(13-19)35-4/h6-15,17H,16H2,1-5H3. The largest absolute Gasteiger partial charge is 0.497 e. The minimum atomic E-state index is -0.199. The van der Waals surface area contributed by atoms with Crippen LogP contribution in [0.25, 0.3) is 11.1 Å². The average molecular weight is 489 g/mol. The number of nitrogens with zero attached hydrogens (tertiary/aromatic N) is 2. The van der Waals surface area contributed by atoms with E-state index in [2.05, 4.69) is 5.10 Å². The van der Waals surface area contributed by atoms with E-state index in [1.165, 1.54) is 21.3 Å². The molecular weight excluding hydrogens is 460 g/mol. The molecule has 0 amide bonds. The number of aromatic nitrogens is 2. The normalized spacial score (nSPS) is 10.6. The molecule has 4 aromatic rings. The first-order valence-corrected chi connectivity index (χ1v) is 11.2. The lowest BCUT2D eigenvalue weighted by atomic mass is 9.94. The number of methoxy groups -OCH3 is 5. The molecule has 0 radical (unpaired) electrons. The summed E-state index contributed by atoms with van der Waals surface area (Å²) in [4.78, 5) is 13.7. The molecule has 0 aliphatic carbocycles. The van der Waals surface area contributed by atoms with E-state index < -0.39 is 0 Å². The lowest BCUT2D eigenvalue weighted by molar-refractivity contribution is 0.103. The summed E-state index contributed by atoms with van der Waals surface area (Å²) in [5.74, 6) is 2.46. The molecule has 0 spiro atoms. The summed E-state index contributed by atoms with van der Waals surface area (Å²) in [6.45, 7) is 0.574. The van der Waals surface area contributed by atoms with E-state index in [0.717, 1.165) is 16.9 Å². The third-order valence-corrected chi connectivity index (χ3v) is 5.85. The molecule has 3 aromatic carbocycles. The van der Waals surface area contributed by atoms with Crippen LogP contribution in [-0.2, 0) is 6.54 Å². The van der Waals surface area contributed by atoms with Gasteiger partial charge in [0.05, 0.1) is 48.3 Å². The maximum Gasteiger partial charge on any atom is 0.203 e. The van der Waals surface area contributed by atoms with Crippen LogP contribution in [0.5, 0.6) is 28.7 Å². The molecular formula is C28H28N2O6. The van der Waals surface area contributed by atoms with E-state index in [1.807, 2.05) is 41.2 Å². The predicted molar refractivity (Wildman–Crippen MR) is 136 cm³/mol. The van der Waals surface area contributed by atoms with Gasteiger partial charge in [-0.05, 0) is 53.6 Å². The fraction of sp³-hybridized carbons (Fsp3) is 0.214. The van der Waals surface area contributed by atoms with Gasteiger partial charge in [0.25, 0.3) is 0 Å². The average Bonchev–Trinajstić information content (AvgIpc) is 3.40. The third kappa shape index (κ3) is 4.98. The summed E-state index contributed by atoms with van der Waals surface area (Å²) in [6, 6.07) is 16.4. The van der Waals surface area contributed by atoms with Gasteiger partial charge in [0.2, 0.25) is 5.75 Å². The molecule has 0 aliphatic rings. The second kappa shape index (κ2) is 10.9. The lowest BCUT2D eigenvalue weighted by Gasteiger charge is -2.15. The number of rotatable bonds is 10. The van der Waals surface area contributed by atoms with E-state index in [4.69, 9.17) is 23.7 Å². The van der Waals surface area contributed by atoms with Crippen LogP contribution in [0.15, 0.2) is 67.0 Å². The first kappa shape index (κ1) is 24.7. The SMILES string of the molecule is COc1ccc(Cn2cc(-c3cc(OC)ccc3C(=O)c3cc(OC)c(OC)c(OC)c3)cn2)cc1. The summed E-state index contributed by atoms with van der Waals surface area (Å²) in [6.07, 6.45) is 3.65. The summed E-state index contributed by atoms with van der Waals surface area (Å²) >= 11 is 0. The second-order valence-electron chi connectivity index (χ2n) is 7.93. The van der Waals surface area contributed by atoms with Gasteiger partial charge >= 0.3 is 0 Å². The van der Waals surface area contributed by atoms with Crippen LogP contribution >= 0.6 is 0 Å². The highest BCUT2D eigenvalue weighted by Gasteiger charge is 2.21. The minimum absolute atomic E-state index is 0.199. The Hall–Kier alpha value is -4.46. The Balaban J connectivity index is 1.72. The number of carbonyl (C=O) groups excluding carboxylic acids is 1. The van der Waals surface area contributed by atoms with Crippen LogP contribution in [0.2, 0.25) is 0 Å². The highest BCUT2D eigenvalue weighted by Crippen LogP contribution is 2.39. The topological polar surface area (TPSA) is 81.0 Å². The van der Waals surface area contributed by atoms with Crippen molar-refractivity contribution in [3.8, 4) is 39.9 Å². The molecule has 0 N–H and O–H groups in total. The van der Waals surface area contributed by atoms with Crippen molar-refractivity contribution in [1.29, 1.82) is 0 Å². The molecule has 0 fully saturated rings. The van der Waals surface area contributed by atoms with Crippen molar-refractivity contribution < 1.29 is 28.5 Å². The van der Waals surface area contributed by atoms with Gasteiger partial charge in [-0.2, -0.15) is 5.10 Å². The first-order chi connectivity index (χ1) is 17.5. The van der Waals surface area contributed by atoms with E-state index in [0.29, 0.717) is 46.2 Å². The Morgan fingerprint density at radius 3 is 2.00 bits per heavy atom. The van der Waals surface area contributed by atoms with Crippen LogP contribution in [0.1, 0.15) is 21.5 Å². The van der Waals surface area contributed by atoms with Crippen LogP contribution < -0.4 is 23.7 Å². The van der Waals surface area contributed by atoms with E-state index in [1.54, 1.807) is 44.7 Å². The molecule has 0 saturated carbocycles. The number of ether oxygens (including phenoxy) is 5. The van der Waals surface area contributed by atoms with Gasteiger partial charge in [-0.3, -0.25) is 9.48 Å². The quantitative estimate of drug-likeness (QED) is 0.295. The zero-order chi connectivity index (χ0) is 25.7. The Bertz CT molecular complexity index is 1340. The Labute approximate surface area is 209 Å². The number of ketones is 1. The monoisotopic (exact) mass is 488 g/mol. The zero-order valence-electron chi connectivity index (χ0n) is 20.9. The second-order valence-corrected chi connectivity index (χ2v) is 7.93. The van der Waals surface area contributed by atoms with Crippen molar-refractivity contribution in [1.82, 2.24) is 9.78 Å². The Kier molecular flexibility index (Phi) is 7.44. The van der Waals surface area contributed by atoms with Gasteiger partial charge in [-0.25, -0.2) is 0 Å². The smallest absolute Gasteiger partial charge is 0.203 e. The highest BCUT2D eigenvalue weighted by molar-refractivity contribution is 6.13. The molecule has 8 nitrogen and oxygen atoms in total. The maximum atomic E-state index is 13.7. The molecule has 0 bridgehead atoms. The van der Waals surface area contributed by atoms with Gasteiger partial charge in [-0.1, -0.05) is 12.1 Å². The van der Waals surface area contributed by atoms with E-state index in [-0.39, 0.29) is 5.78 Å². The molecule has 0 unspecified atom stereocenters. The minimum Gasteiger partial charge on any atom is -0.497 e. The molecule has 0 aliphatic heterocycles. The number of hydrogen-bond acceptors (Lipinski definition) is 7. The van der Waals surface area contributed by atoms with Gasteiger partial charge < -0.3 is 23.7 Å². The Morgan fingerprint density at radius 1 is 0.778 bits per heavy atom. The summed E-state index contributed by atoms with van der Waals surface area (Å²) < 4.78 is 28.7. The van der Waals surface area contributed by atoms with Gasteiger partial charge in [-0.15, -0.1) is 0 Å². The van der Waals surface area contributed by atoms with Crippen molar-refractivity contribution in [2.75, 3.05) is 35.5 Å². The van der Waals surface area contributed by atoms with Gasteiger partial charge in [0, 0.05) is 22.9 Å². The van der Waals surface area contributed by atoms with E-state index >= 15 is 0 Å². The molecule has 1 heterocycles. The Morgan fingerprint density at radius 2 is 1.42 bits per heavy atom. The molecule has 4 rings (SSSR count). The first-order valence-electron chi connectivity index (χ1n) is 11.2. The van der Waals surface area contributed by atoms with E-state index in [9.17, 15) is 4.79 Å². The van der Waals surface area contributed by atoms with Crippen LogP contribution in [0.3, 0.4) is 0 Å². The molecule has 186 valence electrons. The third-order valence-electron chi connectivity index (χ3n) is 5.85. The maximum absolute atomic E-state index is 13.7. The lowest BCUT2D eigenvalue weighted by Crippen LogP contribution is -2.06. The molecule has 0 atom stereocenters. The van der Waals surface area contributed by atoms with Crippen molar-refractivity contribution >= 4 is 5.78 Å². The fourth-order valence-electron chi connectivity index (χ4n) is 3.96. The molecule has 36 heavy (non-hydrogen) atoms. The molecule has 1 aromatic heterocycles. The number of carbonyl (C=O) groups is 1. The van der Waals surface area contributed by atoms with Crippen molar-refractivity contribution in [3.05, 3.63) is 83.7 Å². The fourth-order valence-corrected chi connectivity index (χ4v) is 3.96. The predicted octanol–water partition coefficient (Wildman–Crippen LogP) is 4.87. The van der Waals surface area contributed by atoms with Crippen LogP contribution in [0.4, 0.5) is 0 Å². The molecule has 8 heteroatoms. The highest BCUT2D eigenvalue weighted by atomic mass is 16.5. The van der Waals surface area contributed by atoms with Crippen molar-refractivity contribution in [2.45, 2.75) is 6.54 Å². The number of hydrogen-bond donors (Lipinski definition) is 0. The van der Waals surface area contributed by atoms with Crippen LogP contribution in [-0.4, -0.2) is 51.1 Å². The zero-order valence-corrected chi connectivity index (χ0v) is 20.9. The van der Waals surface area contributed by atoms with Crippen molar-refractivity contribution in [2.24, 2.45) is 0 Å². The van der Waals surface area contributed by atoms with Crippen molar-refractivity contribution in [3.63, 3.8) is 0 Å². The van der Waals surface area contributed by atoms with Gasteiger partial charge in [0.15, 0.2) is 17.3 Å². The van der Waals surface area contributed by atoms with Gasteiger partial charge in [0.1, 0.15) is 11.5 Å².